The molecule has 0 saturated carbocycles. The summed E-state index contributed by atoms with van der Waals surface area (Å²) >= 11 is 0. The Morgan fingerprint density at radius 2 is 0.348 bits per heavy atom. The van der Waals surface area contributed by atoms with E-state index in [9.17, 15) is 0 Å². The standard InChI is InChI=1S/3C45H31N/c1-30-15-11-14-24-41(30)46(35-20-9-4-10-21-35)36-26-25-33-28-39-40(29-34(33)27-36)45-43(32-18-7-3-8-19-32)38-23-13-12-22-37(38)42(44(39)45)31-16-5-2-6-17-31;1-30-14-13-21-36(26-30)46(35-19-9-4-10-20-35)37-25-24-33-28-40-41(29-34(33)27-37)45-43(32-17-7-3-8-18-32)39-23-12-11-22-38(39)42(44(40)45)31-15-5-2-6-16-31;1-30-21-24-36(25-22-30)46(35-17-9-4-10-18-35)37-26-23-33-28-40-41(29-34(33)27-37)45-43(32-15-7-3-8-16-32)39-20-12-11-19-38(39)42(44(40)45)31-13-5-2-6-14-31/h3*2-29H,1H3. The van der Waals surface area contributed by atoms with Crippen molar-refractivity contribution in [1.82, 2.24) is 0 Å². The van der Waals surface area contributed by atoms with Crippen molar-refractivity contribution >= 4 is 116 Å². The Kier molecular flexibility index (Phi) is 20.7. The number of nitrogens with zero attached hydrogens (tertiary/aromatic N) is 3. The number of anilines is 9. The minimum atomic E-state index is 1.14. The van der Waals surface area contributed by atoms with Crippen molar-refractivity contribution in [1.29, 1.82) is 0 Å². The number of hydrogen-bond acceptors (Lipinski definition) is 3. The molecule has 138 heavy (non-hydrogen) atoms. The lowest BCUT2D eigenvalue weighted by atomic mass is 9.70. The molecule has 3 aliphatic rings. The molecular weight excluding hydrogens is 1660 g/mol. The molecule has 24 aromatic carbocycles. The van der Waals surface area contributed by atoms with Crippen LogP contribution in [0, 0.1) is 20.8 Å². The number of aryl methyl sites for hydroxylation is 3. The lowest BCUT2D eigenvalue weighted by molar-refractivity contribution is 1.25. The van der Waals surface area contributed by atoms with E-state index in [-0.39, 0.29) is 0 Å². The molecule has 0 aliphatic heterocycles. The number of fused-ring (bicyclic) bond motifs is 18. The van der Waals surface area contributed by atoms with E-state index in [1.165, 1.54) is 221 Å². The van der Waals surface area contributed by atoms with Crippen molar-refractivity contribution in [2.75, 3.05) is 14.7 Å². The Morgan fingerprint density at radius 1 is 0.130 bits per heavy atom. The Hall–Kier alpha value is -17.8. The summed E-state index contributed by atoms with van der Waals surface area (Å²) in [6.07, 6.45) is 0. The summed E-state index contributed by atoms with van der Waals surface area (Å²) in [5.41, 5.74) is 45.7. The van der Waals surface area contributed by atoms with Crippen LogP contribution < -0.4 is 14.7 Å². The first-order valence-corrected chi connectivity index (χ1v) is 47.8. The van der Waals surface area contributed by atoms with Gasteiger partial charge >= 0.3 is 0 Å². The fraction of sp³-hybridized carbons (Fsp3) is 0.0222. The van der Waals surface area contributed by atoms with Gasteiger partial charge in [0, 0.05) is 51.2 Å². The molecule has 0 atom stereocenters. The van der Waals surface area contributed by atoms with Gasteiger partial charge in [0.15, 0.2) is 0 Å². The van der Waals surface area contributed by atoms with Gasteiger partial charge in [-0.2, -0.15) is 0 Å². The molecule has 0 N–H and O–H groups in total. The Morgan fingerprint density at radius 3 is 0.638 bits per heavy atom. The van der Waals surface area contributed by atoms with Gasteiger partial charge in [0.2, 0.25) is 0 Å². The van der Waals surface area contributed by atoms with Crippen molar-refractivity contribution in [3.63, 3.8) is 0 Å². The van der Waals surface area contributed by atoms with Gasteiger partial charge in [0.1, 0.15) is 0 Å². The number of rotatable bonds is 15. The van der Waals surface area contributed by atoms with Crippen LogP contribution in [-0.2, 0) is 0 Å². The fourth-order valence-corrected chi connectivity index (χ4v) is 22.0. The van der Waals surface area contributed by atoms with Gasteiger partial charge in [0.25, 0.3) is 0 Å². The first-order chi connectivity index (χ1) is 68.2. The Bertz CT molecular complexity index is 8850. The zero-order valence-corrected chi connectivity index (χ0v) is 76.8. The van der Waals surface area contributed by atoms with E-state index in [2.05, 4.69) is 545 Å². The lowest BCUT2D eigenvalue weighted by Crippen LogP contribution is -2.11. The quantitative estimate of drug-likeness (QED) is 0.101. The summed E-state index contributed by atoms with van der Waals surface area (Å²) in [4.78, 5) is 7.08. The van der Waals surface area contributed by atoms with Crippen LogP contribution in [0.25, 0.3) is 198 Å². The van der Waals surface area contributed by atoms with Crippen LogP contribution in [0.4, 0.5) is 51.2 Å². The van der Waals surface area contributed by atoms with Gasteiger partial charge in [-0.1, -0.05) is 376 Å². The second-order valence-corrected chi connectivity index (χ2v) is 36.6. The van der Waals surface area contributed by atoms with E-state index in [0.29, 0.717) is 0 Å². The van der Waals surface area contributed by atoms with Crippen LogP contribution >= 0.6 is 0 Å². The fourth-order valence-electron chi connectivity index (χ4n) is 22.0. The third-order valence-corrected chi connectivity index (χ3v) is 28.2. The minimum Gasteiger partial charge on any atom is -0.310 e. The molecule has 3 aliphatic carbocycles. The maximum atomic E-state index is 2.42. The van der Waals surface area contributed by atoms with Crippen LogP contribution in [0.5, 0.6) is 0 Å². The number of hydrogen-bond donors (Lipinski definition) is 0. The molecule has 0 heterocycles. The molecule has 0 spiro atoms. The van der Waals surface area contributed by atoms with Crippen LogP contribution in [-0.4, -0.2) is 0 Å². The Labute approximate surface area is 805 Å². The van der Waals surface area contributed by atoms with Crippen LogP contribution in [0.3, 0.4) is 0 Å². The normalized spacial score (nSPS) is 11.6. The molecule has 0 amide bonds. The van der Waals surface area contributed by atoms with Crippen LogP contribution in [0.2, 0.25) is 0 Å². The smallest absolute Gasteiger partial charge is 0.0490 e. The second-order valence-electron chi connectivity index (χ2n) is 36.6. The zero-order valence-electron chi connectivity index (χ0n) is 76.8. The first kappa shape index (κ1) is 82.2. The third-order valence-electron chi connectivity index (χ3n) is 28.2. The van der Waals surface area contributed by atoms with Gasteiger partial charge in [-0.15, -0.1) is 0 Å². The van der Waals surface area contributed by atoms with Crippen molar-refractivity contribution in [3.8, 4) is 134 Å². The summed E-state index contributed by atoms with van der Waals surface area (Å²) in [5, 5.41) is 15.2. The average molecular weight is 1760 g/mol. The largest absolute Gasteiger partial charge is 0.310 e. The molecule has 0 radical (unpaired) electrons. The highest BCUT2D eigenvalue weighted by atomic mass is 15.2. The molecule has 0 aromatic heterocycles. The molecule has 648 valence electrons. The maximum Gasteiger partial charge on any atom is 0.0490 e. The van der Waals surface area contributed by atoms with E-state index in [1.807, 2.05) is 0 Å². The van der Waals surface area contributed by atoms with Crippen molar-refractivity contribution in [2.45, 2.75) is 20.8 Å². The van der Waals surface area contributed by atoms with Crippen molar-refractivity contribution < 1.29 is 0 Å². The molecule has 0 unspecified atom stereocenters. The topological polar surface area (TPSA) is 9.72 Å². The number of para-hydroxylation sites is 4. The van der Waals surface area contributed by atoms with Gasteiger partial charge in [-0.3, -0.25) is 0 Å². The van der Waals surface area contributed by atoms with Crippen LogP contribution in [0.15, 0.2) is 510 Å². The molecular formula is C135H93N3. The second kappa shape index (κ2) is 34.7. The summed E-state index contributed by atoms with van der Waals surface area (Å²) < 4.78 is 0. The predicted octanol–water partition coefficient (Wildman–Crippen LogP) is 38.3. The molecule has 0 saturated heterocycles. The summed E-state index contributed by atoms with van der Waals surface area (Å²) in [6.45, 7) is 6.48. The lowest BCUT2D eigenvalue weighted by Gasteiger charge is -2.33. The van der Waals surface area contributed by atoms with Gasteiger partial charge < -0.3 is 14.7 Å². The molecule has 0 fully saturated rings. The van der Waals surface area contributed by atoms with E-state index in [1.54, 1.807) is 0 Å². The summed E-state index contributed by atoms with van der Waals surface area (Å²) in [7, 11) is 0. The SMILES string of the molecule is Cc1ccc(N(c2ccccc2)c2ccc3cc4c(cc3c2)-c2c-4c(-c3ccccc3)c3ccccc3c2-c2ccccc2)cc1.Cc1cccc(N(c2ccccc2)c2ccc3cc4c(cc3c2)-c2c-4c(-c3ccccc3)c3ccccc3c2-c2ccccc2)c1.Cc1ccccc1N(c1ccccc1)c1ccc2cc3c(cc2c1)-c1c-3c(-c2ccccc2)c2ccccc2c1-c1ccccc1. The zero-order chi connectivity index (χ0) is 91.8. The molecule has 3 heteroatoms. The van der Waals surface area contributed by atoms with E-state index in [0.717, 1.165) is 45.5 Å². The third kappa shape index (κ3) is 14.3. The van der Waals surface area contributed by atoms with Gasteiger partial charge in [0.05, 0.1) is 0 Å². The highest BCUT2D eigenvalue weighted by molar-refractivity contribution is 6.30. The highest BCUT2D eigenvalue weighted by Crippen LogP contribution is 2.64. The predicted molar refractivity (Wildman–Crippen MR) is 589 cm³/mol. The maximum absolute atomic E-state index is 2.42. The van der Waals surface area contributed by atoms with Gasteiger partial charge in [-0.25, -0.2) is 0 Å². The minimum absolute atomic E-state index is 1.14. The molecule has 24 aromatic rings. The number of benzene rings is 24. The molecule has 27 rings (SSSR count). The van der Waals surface area contributed by atoms with Gasteiger partial charge in [-0.05, 0) is 370 Å². The highest BCUT2D eigenvalue weighted by Gasteiger charge is 2.37. The summed E-state index contributed by atoms with van der Waals surface area (Å²) in [5.74, 6) is 0. The molecule has 0 bridgehead atoms. The van der Waals surface area contributed by atoms with E-state index in [4.69, 9.17) is 0 Å². The molecule has 3 nitrogen and oxygen atoms in total. The van der Waals surface area contributed by atoms with Crippen molar-refractivity contribution in [2.24, 2.45) is 0 Å². The van der Waals surface area contributed by atoms with E-state index >= 15 is 0 Å². The average Bonchev–Trinajstić information content (AvgIpc) is 0.695. The monoisotopic (exact) mass is 1760 g/mol. The van der Waals surface area contributed by atoms with Crippen LogP contribution in [0.1, 0.15) is 16.7 Å². The summed E-state index contributed by atoms with van der Waals surface area (Å²) in [6, 6.07) is 186. The Balaban J connectivity index is 0.000000110. The van der Waals surface area contributed by atoms with Crippen molar-refractivity contribution in [3.05, 3.63) is 526 Å². The first-order valence-electron chi connectivity index (χ1n) is 47.8. The van der Waals surface area contributed by atoms with E-state index < -0.39 is 0 Å².